The van der Waals surface area contributed by atoms with Crippen LogP contribution in [-0.2, 0) is 0 Å². The first-order valence-corrected chi connectivity index (χ1v) is 3.76. The fraction of sp³-hybridized carbons (Fsp3) is 1.00. The fourth-order valence-corrected chi connectivity index (χ4v) is 1.25. The van der Waals surface area contributed by atoms with Gasteiger partial charge in [0.15, 0.2) is 0 Å². The Labute approximate surface area is 57.0 Å². The van der Waals surface area contributed by atoms with E-state index in [0.29, 0.717) is 0 Å². The summed E-state index contributed by atoms with van der Waals surface area (Å²) in [4.78, 5) is 0. The fourth-order valence-electron chi connectivity index (χ4n) is 1.25. The second kappa shape index (κ2) is 3.18. The summed E-state index contributed by atoms with van der Waals surface area (Å²) in [5.74, 6) is 0.912. The molecule has 0 aromatic rings. The molecule has 9 heavy (non-hydrogen) atoms. The van der Waals surface area contributed by atoms with E-state index in [2.05, 4.69) is 17.6 Å². The molecule has 2 atom stereocenters. The summed E-state index contributed by atoms with van der Waals surface area (Å²) < 4.78 is 0. The molecule has 1 rings (SSSR count). The van der Waals surface area contributed by atoms with Crippen molar-refractivity contribution in [1.29, 1.82) is 0 Å². The van der Waals surface area contributed by atoms with E-state index in [-0.39, 0.29) is 0 Å². The van der Waals surface area contributed by atoms with Crippen LogP contribution in [0.4, 0.5) is 0 Å². The van der Waals surface area contributed by atoms with Crippen molar-refractivity contribution in [2.45, 2.75) is 19.4 Å². The third-order valence-corrected chi connectivity index (χ3v) is 1.86. The molecule has 54 valence electrons. The van der Waals surface area contributed by atoms with Gasteiger partial charge in [0.2, 0.25) is 0 Å². The first-order valence-electron chi connectivity index (χ1n) is 3.76. The molecule has 1 fully saturated rings. The normalized spacial score (nSPS) is 32.7. The highest BCUT2D eigenvalue weighted by Crippen LogP contribution is 2.28. The summed E-state index contributed by atoms with van der Waals surface area (Å²) >= 11 is 0. The molecule has 1 saturated carbocycles. The quantitative estimate of drug-likeness (QED) is 0.565. The van der Waals surface area contributed by atoms with Gasteiger partial charge < -0.3 is 10.6 Å². The van der Waals surface area contributed by atoms with E-state index >= 15 is 0 Å². The topological polar surface area (TPSA) is 24.1 Å². The van der Waals surface area contributed by atoms with Crippen LogP contribution in [0.5, 0.6) is 0 Å². The van der Waals surface area contributed by atoms with Crippen LogP contribution < -0.4 is 10.6 Å². The number of hydrogen-bond donors (Lipinski definition) is 2. The minimum Gasteiger partial charge on any atom is -0.319 e. The molecule has 1 aliphatic rings. The summed E-state index contributed by atoms with van der Waals surface area (Å²) in [6, 6.07) is 0.822. The minimum atomic E-state index is 0.822. The van der Waals surface area contributed by atoms with Gasteiger partial charge in [-0.05, 0) is 32.5 Å². The Morgan fingerprint density at radius 3 is 2.89 bits per heavy atom. The molecule has 0 heterocycles. The Kier molecular flexibility index (Phi) is 2.49. The maximum Gasteiger partial charge on any atom is 0.0112 e. The molecular formula is C7H16N2. The first kappa shape index (κ1) is 7.03. The van der Waals surface area contributed by atoms with Crippen molar-refractivity contribution in [3.8, 4) is 0 Å². The van der Waals surface area contributed by atoms with Gasteiger partial charge in [-0.2, -0.15) is 0 Å². The van der Waals surface area contributed by atoms with Crippen LogP contribution in [0.1, 0.15) is 13.3 Å². The zero-order valence-corrected chi connectivity index (χ0v) is 6.28. The summed E-state index contributed by atoms with van der Waals surface area (Å²) in [7, 11) is 2.02. The van der Waals surface area contributed by atoms with Crippen molar-refractivity contribution in [2.75, 3.05) is 20.1 Å². The maximum atomic E-state index is 3.41. The molecule has 0 aromatic heterocycles. The van der Waals surface area contributed by atoms with Gasteiger partial charge in [-0.25, -0.2) is 0 Å². The van der Waals surface area contributed by atoms with Gasteiger partial charge in [0, 0.05) is 6.04 Å². The lowest BCUT2D eigenvalue weighted by atomic mass is 10.4. The highest BCUT2D eigenvalue weighted by molar-refractivity contribution is 4.93. The van der Waals surface area contributed by atoms with E-state index in [1.54, 1.807) is 0 Å². The monoisotopic (exact) mass is 128 g/mol. The largest absolute Gasteiger partial charge is 0.319 e. The van der Waals surface area contributed by atoms with Crippen molar-refractivity contribution in [1.82, 2.24) is 10.6 Å². The van der Waals surface area contributed by atoms with Crippen LogP contribution in [0.25, 0.3) is 0 Å². The molecule has 2 unspecified atom stereocenters. The molecule has 0 amide bonds. The minimum absolute atomic E-state index is 0.822. The number of hydrogen-bond acceptors (Lipinski definition) is 2. The van der Waals surface area contributed by atoms with E-state index in [1.807, 2.05) is 7.05 Å². The molecule has 0 aliphatic heterocycles. The third kappa shape index (κ3) is 1.95. The number of rotatable bonds is 4. The Balaban J connectivity index is 1.96. The molecular weight excluding hydrogens is 112 g/mol. The Morgan fingerprint density at radius 2 is 2.33 bits per heavy atom. The molecule has 0 bridgehead atoms. The molecule has 2 heteroatoms. The average Bonchev–Trinajstić information content (AvgIpc) is 2.50. The van der Waals surface area contributed by atoms with Crippen LogP contribution in [0.3, 0.4) is 0 Å². The zero-order chi connectivity index (χ0) is 6.69. The van der Waals surface area contributed by atoms with Gasteiger partial charge in [0.25, 0.3) is 0 Å². The van der Waals surface area contributed by atoms with Crippen molar-refractivity contribution in [3.63, 3.8) is 0 Å². The van der Waals surface area contributed by atoms with Crippen molar-refractivity contribution >= 4 is 0 Å². The van der Waals surface area contributed by atoms with E-state index in [9.17, 15) is 0 Å². The highest BCUT2D eigenvalue weighted by atomic mass is 15.0. The molecule has 0 radical (unpaired) electrons. The standard InChI is InChI=1S/C7H16N2/c1-3-9-7-4-6(7)5-8-2/h6-9H,3-5H2,1-2H3. The smallest absolute Gasteiger partial charge is 0.0112 e. The maximum absolute atomic E-state index is 3.41. The summed E-state index contributed by atoms with van der Waals surface area (Å²) in [6.07, 6.45) is 1.37. The Bertz CT molecular complexity index is 73.0. The first-order chi connectivity index (χ1) is 4.38. The Hall–Kier alpha value is -0.0800. The summed E-state index contributed by atoms with van der Waals surface area (Å²) in [5, 5.41) is 6.59. The molecule has 2 nitrogen and oxygen atoms in total. The van der Waals surface area contributed by atoms with E-state index < -0.39 is 0 Å². The predicted octanol–water partition coefficient (Wildman–Crippen LogP) is 0.204. The lowest BCUT2D eigenvalue weighted by molar-refractivity contribution is 0.625. The summed E-state index contributed by atoms with van der Waals surface area (Å²) in [5.41, 5.74) is 0. The lowest BCUT2D eigenvalue weighted by Crippen LogP contribution is -2.21. The van der Waals surface area contributed by atoms with Crippen molar-refractivity contribution in [2.24, 2.45) is 5.92 Å². The second-order valence-corrected chi connectivity index (χ2v) is 2.72. The molecule has 1 aliphatic carbocycles. The summed E-state index contributed by atoms with van der Waals surface area (Å²) in [6.45, 7) is 4.46. The molecule has 0 saturated heterocycles. The van der Waals surface area contributed by atoms with E-state index in [0.717, 1.165) is 18.5 Å². The van der Waals surface area contributed by atoms with Gasteiger partial charge in [-0.3, -0.25) is 0 Å². The van der Waals surface area contributed by atoms with Gasteiger partial charge in [0.1, 0.15) is 0 Å². The second-order valence-electron chi connectivity index (χ2n) is 2.72. The van der Waals surface area contributed by atoms with Crippen molar-refractivity contribution in [3.05, 3.63) is 0 Å². The SMILES string of the molecule is CCNC1CC1CNC. The molecule has 0 spiro atoms. The third-order valence-electron chi connectivity index (χ3n) is 1.86. The van der Waals surface area contributed by atoms with Gasteiger partial charge in [0.05, 0.1) is 0 Å². The highest BCUT2D eigenvalue weighted by Gasteiger charge is 2.34. The van der Waals surface area contributed by atoms with E-state index in [4.69, 9.17) is 0 Å². The molecule has 2 N–H and O–H groups in total. The van der Waals surface area contributed by atoms with Crippen molar-refractivity contribution < 1.29 is 0 Å². The number of nitrogens with one attached hydrogen (secondary N) is 2. The van der Waals surface area contributed by atoms with Crippen LogP contribution in [0.2, 0.25) is 0 Å². The predicted molar refractivity (Wildman–Crippen MR) is 39.5 cm³/mol. The van der Waals surface area contributed by atoms with Crippen LogP contribution in [0, 0.1) is 5.92 Å². The molecule has 0 aromatic carbocycles. The Morgan fingerprint density at radius 1 is 1.56 bits per heavy atom. The zero-order valence-electron chi connectivity index (χ0n) is 6.28. The van der Waals surface area contributed by atoms with Gasteiger partial charge >= 0.3 is 0 Å². The van der Waals surface area contributed by atoms with Gasteiger partial charge in [-0.1, -0.05) is 6.92 Å². The van der Waals surface area contributed by atoms with E-state index in [1.165, 1.54) is 13.0 Å². The van der Waals surface area contributed by atoms with Crippen LogP contribution >= 0.6 is 0 Å². The average molecular weight is 128 g/mol. The van der Waals surface area contributed by atoms with Crippen LogP contribution in [-0.4, -0.2) is 26.2 Å². The van der Waals surface area contributed by atoms with Gasteiger partial charge in [-0.15, -0.1) is 0 Å². The lowest BCUT2D eigenvalue weighted by Gasteiger charge is -1.97. The van der Waals surface area contributed by atoms with Crippen LogP contribution in [0.15, 0.2) is 0 Å².